The third kappa shape index (κ3) is 4.69. The second-order valence-corrected chi connectivity index (χ2v) is 8.11. The minimum Gasteiger partial charge on any atom is -0.479 e. The van der Waals surface area contributed by atoms with Crippen LogP contribution >= 0.6 is 0 Å². The molecular formula is C23H26N4O4. The molecule has 8 heteroatoms. The third-order valence-corrected chi connectivity index (χ3v) is 6.05. The molecule has 0 spiro atoms. The number of benzene rings is 2. The summed E-state index contributed by atoms with van der Waals surface area (Å²) in [6, 6.07) is 15.0. The van der Waals surface area contributed by atoms with Gasteiger partial charge in [-0.3, -0.25) is 14.6 Å². The van der Waals surface area contributed by atoms with E-state index in [9.17, 15) is 19.5 Å². The highest BCUT2D eigenvalue weighted by Gasteiger charge is 2.32. The van der Waals surface area contributed by atoms with E-state index in [1.54, 1.807) is 35.3 Å². The zero-order chi connectivity index (χ0) is 21.8. The number of hydrazine groups is 2. The van der Waals surface area contributed by atoms with Crippen LogP contribution in [0.2, 0.25) is 0 Å². The fourth-order valence-electron chi connectivity index (χ4n) is 4.29. The highest BCUT2D eigenvalue weighted by molar-refractivity contribution is 6.00. The Morgan fingerprint density at radius 2 is 1.71 bits per heavy atom. The minimum absolute atomic E-state index is 0.0682. The molecule has 1 heterocycles. The van der Waals surface area contributed by atoms with Crippen LogP contribution in [0.5, 0.6) is 0 Å². The lowest BCUT2D eigenvalue weighted by Gasteiger charge is -2.35. The van der Waals surface area contributed by atoms with Crippen molar-refractivity contribution in [3.8, 4) is 0 Å². The Hall–Kier alpha value is -3.39. The molecule has 0 aromatic heterocycles. The zero-order valence-corrected chi connectivity index (χ0v) is 17.1. The average Bonchev–Trinajstić information content (AvgIpc) is 2.80. The van der Waals surface area contributed by atoms with E-state index in [2.05, 4.69) is 16.3 Å². The molecule has 4 rings (SSSR count). The summed E-state index contributed by atoms with van der Waals surface area (Å²) in [5.74, 6) is -1.31. The van der Waals surface area contributed by atoms with Gasteiger partial charge in [0, 0.05) is 12.5 Å². The summed E-state index contributed by atoms with van der Waals surface area (Å²) in [6.45, 7) is 0.552. The van der Waals surface area contributed by atoms with Crippen LogP contribution in [0.25, 0.3) is 0 Å². The Morgan fingerprint density at radius 3 is 2.42 bits per heavy atom. The highest BCUT2D eigenvalue weighted by atomic mass is 16.4. The molecule has 8 nitrogen and oxygen atoms in total. The lowest BCUT2D eigenvalue weighted by atomic mass is 9.81. The van der Waals surface area contributed by atoms with Crippen molar-refractivity contribution in [1.82, 2.24) is 15.9 Å². The molecule has 0 bridgehead atoms. The maximum atomic E-state index is 12.7. The van der Waals surface area contributed by atoms with Crippen molar-refractivity contribution in [2.24, 2.45) is 11.8 Å². The minimum atomic E-state index is -1.07. The van der Waals surface area contributed by atoms with Crippen LogP contribution in [0.4, 0.5) is 5.69 Å². The Kier molecular flexibility index (Phi) is 6.18. The lowest BCUT2D eigenvalue weighted by Crippen LogP contribution is -2.52. The first-order valence-electron chi connectivity index (χ1n) is 10.5. The molecule has 4 N–H and O–H groups in total. The lowest BCUT2D eigenvalue weighted by molar-refractivity contribution is -0.143. The van der Waals surface area contributed by atoms with E-state index in [4.69, 9.17) is 0 Å². The van der Waals surface area contributed by atoms with Crippen molar-refractivity contribution in [1.29, 1.82) is 0 Å². The van der Waals surface area contributed by atoms with Gasteiger partial charge in [-0.05, 0) is 49.3 Å². The number of nitrogens with zero attached hydrogens (tertiary/aromatic N) is 1. The van der Waals surface area contributed by atoms with E-state index in [-0.39, 0.29) is 23.7 Å². The van der Waals surface area contributed by atoms with Crippen LogP contribution in [0.15, 0.2) is 54.6 Å². The Balaban J connectivity index is 1.30. The van der Waals surface area contributed by atoms with Gasteiger partial charge in [0.2, 0.25) is 5.91 Å². The molecule has 1 fully saturated rings. The topological polar surface area (TPSA) is 111 Å². The summed E-state index contributed by atoms with van der Waals surface area (Å²) >= 11 is 0. The molecule has 2 aromatic rings. The molecule has 1 saturated carbocycles. The number of nitrogens with one attached hydrogen (secondary N) is 3. The number of carboxylic acids is 1. The quantitative estimate of drug-likeness (QED) is 0.570. The van der Waals surface area contributed by atoms with E-state index in [0.29, 0.717) is 30.5 Å². The first-order chi connectivity index (χ1) is 15.0. The van der Waals surface area contributed by atoms with Gasteiger partial charge in [0.05, 0.1) is 11.3 Å². The fraction of sp³-hybridized carbons (Fsp3) is 0.348. The van der Waals surface area contributed by atoms with Gasteiger partial charge in [-0.1, -0.05) is 42.5 Å². The number of anilines is 1. The van der Waals surface area contributed by atoms with Crippen LogP contribution in [0, 0.1) is 11.8 Å². The van der Waals surface area contributed by atoms with Crippen LogP contribution in [0.3, 0.4) is 0 Å². The monoisotopic (exact) mass is 422 g/mol. The molecule has 0 unspecified atom stereocenters. The van der Waals surface area contributed by atoms with Crippen molar-refractivity contribution in [3.63, 3.8) is 0 Å². The van der Waals surface area contributed by atoms with Gasteiger partial charge in [0.25, 0.3) is 5.91 Å². The molecule has 2 aliphatic rings. The van der Waals surface area contributed by atoms with Crippen LogP contribution < -0.4 is 16.3 Å². The number of carbonyl (C=O) groups is 3. The predicted octanol–water partition coefficient (Wildman–Crippen LogP) is 2.72. The number of rotatable bonds is 6. The van der Waals surface area contributed by atoms with Gasteiger partial charge in [-0.15, -0.1) is 5.53 Å². The van der Waals surface area contributed by atoms with E-state index >= 15 is 0 Å². The first-order valence-corrected chi connectivity index (χ1v) is 10.5. The predicted molar refractivity (Wildman–Crippen MR) is 115 cm³/mol. The van der Waals surface area contributed by atoms with Crippen molar-refractivity contribution < 1.29 is 19.5 Å². The van der Waals surface area contributed by atoms with E-state index in [1.807, 2.05) is 24.3 Å². The number of carbonyl (C=O) groups excluding carboxylic acids is 2. The number of hydrogen-bond donors (Lipinski definition) is 4. The standard InChI is InChI=1S/C23H26N4O4/c28-21(24-20(23(30)31)16-6-2-1-3-7-16)17-12-10-15(11-13-17)14-27-22(29)18-8-4-5-9-19(18)25-26-27/h1-9,15,17,20,25-26H,10-14H2,(H,24,28)(H,30,31)/t15?,17?,20-/m0/s1. The van der Waals surface area contributed by atoms with Crippen molar-refractivity contribution in [3.05, 3.63) is 65.7 Å². The molecule has 2 amide bonds. The van der Waals surface area contributed by atoms with Crippen LogP contribution in [0.1, 0.15) is 47.6 Å². The third-order valence-electron chi connectivity index (χ3n) is 6.05. The summed E-state index contributed by atoms with van der Waals surface area (Å²) in [5, 5.41) is 13.8. The maximum Gasteiger partial charge on any atom is 0.330 e. The van der Waals surface area contributed by atoms with Gasteiger partial charge in [-0.2, -0.15) is 0 Å². The van der Waals surface area contributed by atoms with Gasteiger partial charge in [-0.25, -0.2) is 4.79 Å². The molecule has 31 heavy (non-hydrogen) atoms. The SMILES string of the molecule is O=C(N[C@H](C(=O)O)c1ccccc1)C1CCC(CN2NNc3ccccc3C2=O)CC1. The van der Waals surface area contributed by atoms with Crippen molar-refractivity contribution >= 4 is 23.5 Å². The number of para-hydroxylation sites is 1. The number of amides is 2. The molecule has 162 valence electrons. The zero-order valence-electron chi connectivity index (χ0n) is 17.1. The van der Waals surface area contributed by atoms with Crippen LogP contribution in [-0.2, 0) is 9.59 Å². The van der Waals surface area contributed by atoms with Gasteiger partial charge < -0.3 is 15.8 Å². The number of aliphatic carboxylic acids is 1. The second-order valence-electron chi connectivity index (χ2n) is 8.11. The van der Waals surface area contributed by atoms with Crippen LogP contribution in [-0.4, -0.2) is 34.4 Å². The molecule has 0 saturated heterocycles. The Morgan fingerprint density at radius 1 is 1.03 bits per heavy atom. The second kappa shape index (κ2) is 9.18. The number of carboxylic acid groups (broad SMARTS) is 1. The van der Waals surface area contributed by atoms with Gasteiger partial charge in [0.1, 0.15) is 0 Å². The maximum absolute atomic E-state index is 12.7. The molecule has 1 aliphatic carbocycles. The van der Waals surface area contributed by atoms with Gasteiger partial charge >= 0.3 is 5.97 Å². The molecule has 2 aromatic carbocycles. The number of hydrogen-bond acceptors (Lipinski definition) is 5. The molecule has 0 radical (unpaired) electrons. The van der Waals surface area contributed by atoms with E-state index < -0.39 is 12.0 Å². The normalized spacial score (nSPS) is 21.5. The molecule has 1 aliphatic heterocycles. The number of fused-ring (bicyclic) bond motifs is 1. The molecule has 1 atom stereocenters. The summed E-state index contributed by atoms with van der Waals surface area (Å²) < 4.78 is 0. The smallest absolute Gasteiger partial charge is 0.330 e. The van der Waals surface area contributed by atoms with E-state index in [0.717, 1.165) is 18.5 Å². The summed E-state index contributed by atoms with van der Waals surface area (Å²) in [7, 11) is 0. The largest absolute Gasteiger partial charge is 0.479 e. The summed E-state index contributed by atoms with van der Waals surface area (Å²) in [6.07, 6.45) is 2.94. The van der Waals surface area contributed by atoms with Gasteiger partial charge in [0.15, 0.2) is 6.04 Å². The van der Waals surface area contributed by atoms with E-state index in [1.165, 1.54) is 0 Å². The average molecular weight is 422 g/mol. The van der Waals surface area contributed by atoms with Crippen molar-refractivity contribution in [2.45, 2.75) is 31.7 Å². The Labute approximate surface area is 180 Å². The molecular weight excluding hydrogens is 396 g/mol. The van der Waals surface area contributed by atoms with Crippen molar-refractivity contribution in [2.75, 3.05) is 12.0 Å². The summed E-state index contributed by atoms with van der Waals surface area (Å²) in [5.41, 5.74) is 7.94. The highest BCUT2D eigenvalue weighted by Crippen LogP contribution is 2.31. The first kappa shape index (κ1) is 20.9. The summed E-state index contributed by atoms with van der Waals surface area (Å²) in [4.78, 5) is 37.0. The fourth-order valence-corrected chi connectivity index (χ4v) is 4.29. The Bertz CT molecular complexity index is 957.